The Hall–Kier alpha value is -1.18. The Balaban J connectivity index is 2.50. The zero-order valence-corrected chi connectivity index (χ0v) is 13.2. The smallest absolute Gasteiger partial charge is 0.407 e. The van der Waals surface area contributed by atoms with Gasteiger partial charge in [-0.1, -0.05) is 0 Å². The van der Waals surface area contributed by atoms with Gasteiger partial charge in [-0.15, -0.1) is 0 Å². The summed E-state index contributed by atoms with van der Waals surface area (Å²) in [6, 6.07) is 3.19. The number of pyridine rings is 1. The molecular formula is C13H19BrN2O4. The molecule has 1 heterocycles. The summed E-state index contributed by atoms with van der Waals surface area (Å²) in [6.07, 6.45) is -1.39. The summed E-state index contributed by atoms with van der Waals surface area (Å²) in [4.78, 5) is 15.4. The van der Waals surface area contributed by atoms with E-state index in [2.05, 4.69) is 26.2 Å². The van der Waals surface area contributed by atoms with Crippen molar-refractivity contribution in [3.63, 3.8) is 0 Å². The highest BCUT2D eigenvalue weighted by Gasteiger charge is 2.21. The van der Waals surface area contributed by atoms with Gasteiger partial charge < -0.3 is 20.3 Å². The van der Waals surface area contributed by atoms with Crippen LogP contribution in [0.4, 0.5) is 4.79 Å². The van der Waals surface area contributed by atoms with E-state index in [-0.39, 0.29) is 6.54 Å². The average Bonchev–Trinajstić information content (AvgIpc) is 2.33. The van der Waals surface area contributed by atoms with Crippen molar-refractivity contribution in [1.82, 2.24) is 10.3 Å². The molecule has 2 atom stereocenters. The van der Waals surface area contributed by atoms with Gasteiger partial charge in [0.1, 0.15) is 22.4 Å². The first-order valence-corrected chi connectivity index (χ1v) is 6.93. The van der Waals surface area contributed by atoms with Crippen LogP contribution in [0.25, 0.3) is 0 Å². The lowest BCUT2D eigenvalue weighted by Gasteiger charge is -2.22. The van der Waals surface area contributed by atoms with Crippen molar-refractivity contribution in [2.24, 2.45) is 0 Å². The zero-order valence-electron chi connectivity index (χ0n) is 11.6. The standard InChI is InChI=1S/C13H19BrN2O4/c1-13(2,3)20-12(19)16-7-9(17)11(18)8-4-5-15-10(14)6-8/h4-6,9,11,17-18H,7H2,1-3H3,(H,16,19). The first-order valence-electron chi connectivity index (χ1n) is 6.13. The molecule has 0 fully saturated rings. The Morgan fingerprint density at radius 2 is 2.15 bits per heavy atom. The van der Waals surface area contributed by atoms with E-state index in [1.165, 1.54) is 6.20 Å². The molecule has 2 unspecified atom stereocenters. The number of aliphatic hydroxyl groups is 2. The monoisotopic (exact) mass is 346 g/mol. The molecule has 0 saturated carbocycles. The molecule has 6 nitrogen and oxygen atoms in total. The number of alkyl carbamates (subject to hydrolysis) is 1. The van der Waals surface area contributed by atoms with Crippen LogP contribution >= 0.6 is 15.9 Å². The summed E-state index contributed by atoms with van der Waals surface area (Å²) >= 11 is 3.18. The third-order valence-corrected chi connectivity index (χ3v) is 2.74. The van der Waals surface area contributed by atoms with Gasteiger partial charge in [0.15, 0.2) is 0 Å². The molecule has 0 aliphatic rings. The molecule has 1 amide bonds. The minimum Gasteiger partial charge on any atom is -0.444 e. The number of halogens is 1. The summed E-state index contributed by atoms with van der Waals surface area (Å²) in [6.45, 7) is 5.11. The summed E-state index contributed by atoms with van der Waals surface area (Å²) in [7, 11) is 0. The van der Waals surface area contributed by atoms with Crippen LogP contribution in [0.15, 0.2) is 22.9 Å². The maximum Gasteiger partial charge on any atom is 0.407 e. The van der Waals surface area contributed by atoms with Gasteiger partial charge in [0.2, 0.25) is 0 Å². The number of ether oxygens (including phenoxy) is 1. The lowest BCUT2D eigenvalue weighted by atomic mass is 10.1. The van der Waals surface area contributed by atoms with Crippen molar-refractivity contribution in [3.05, 3.63) is 28.5 Å². The van der Waals surface area contributed by atoms with Crippen molar-refractivity contribution in [3.8, 4) is 0 Å². The molecule has 1 aromatic rings. The first-order chi connectivity index (χ1) is 9.19. The molecule has 20 heavy (non-hydrogen) atoms. The fourth-order valence-electron chi connectivity index (χ4n) is 1.44. The van der Waals surface area contributed by atoms with Crippen molar-refractivity contribution in [2.75, 3.05) is 6.54 Å². The molecule has 0 aliphatic heterocycles. The minimum atomic E-state index is -1.14. The van der Waals surface area contributed by atoms with Crippen LogP contribution in [0.2, 0.25) is 0 Å². The number of nitrogens with zero attached hydrogens (tertiary/aromatic N) is 1. The Morgan fingerprint density at radius 1 is 1.50 bits per heavy atom. The van der Waals surface area contributed by atoms with Crippen LogP contribution in [-0.4, -0.2) is 39.5 Å². The number of hydrogen-bond donors (Lipinski definition) is 3. The minimum absolute atomic E-state index is 0.115. The van der Waals surface area contributed by atoms with E-state index in [9.17, 15) is 15.0 Å². The molecule has 1 rings (SSSR count). The maximum atomic E-state index is 11.4. The second-order valence-corrected chi connectivity index (χ2v) is 6.12. The number of carbonyl (C=O) groups excluding carboxylic acids is 1. The maximum absolute atomic E-state index is 11.4. The van der Waals surface area contributed by atoms with Gasteiger partial charge in [-0.3, -0.25) is 0 Å². The Labute approximate surface area is 126 Å². The van der Waals surface area contributed by atoms with Gasteiger partial charge >= 0.3 is 6.09 Å². The zero-order chi connectivity index (χ0) is 15.3. The van der Waals surface area contributed by atoms with E-state index in [1.54, 1.807) is 32.9 Å². The molecule has 0 radical (unpaired) electrons. The molecule has 0 aromatic carbocycles. The van der Waals surface area contributed by atoms with Crippen LogP contribution in [0.5, 0.6) is 0 Å². The van der Waals surface area contributed by atoms with Crippen LogP contribution in [0.3, 0.4) is 0 Å². The molecule has 0 aliphatic carbocycles. The normalized spacial score (nSPS) is 14.5. The summed E-state index contributed by atoms with van der Waals surface area (Å²) < 4.78 is 5.59. The van der Waals surface area contributed by atoms with Crippen molar-refractivity contribution in [2.45, 2.75) is 38.6 Å². The molecular weight excluding hydrogens is 328 g/mol. The molecule has 1 aromatic heterocycles. The fraction of sp³-hybridized carbons (Fsp3) is 0.538. The molecule has 0 bridgehead atoms. The summed E-state index contributed by atoms with van der Waals surface area (Å²) in [5.41, 5.74) is -0.103. The van der Waals surface area contributed by atoms with Crippen LogP contribution in [0, 0.1) is 0 Å². The van der Waals surface area contributed by atoms with Crippen LogP contribution in [0.1, 0.15) is 32.4 Å². The van der Waals surface area contributed by atoms with E-state index >= 15 is 0 Å². The number of aliphatic hydroxyl groups excluding tert-OH is 2. The predicted octanol–water partition coefficient (Wildman–Crippen LogP) is 1.76. The van der Waals surface area contributed by atoms with Gasteiger partial charge in [0, 0.05) is 12.7 Å². The van der Waals surface area contributed by atoms with E-state index in [0.29, 0.717) is 10.2 Å². The average molecular weight is 347 g/mol. The largest absolute Gasteiger partial charge is 0.444 e. The van der Waals surface area contributed by atoms with Gasteiger partial charge in [-0.25, -0.2) is 9.78 Å². The topological polar surface area (TPSA) is 91.7 Å². The van der Waals surface area contributed by atoms with Crippen LogP contribution < -0.4 is 5.32 Å². The molecule has 0 saturated heterocycles. The number of nitrogens with one attached hydrogen (secondary N) is 1. The van der Waals surface area contributed by atoms with Crippen molar-refractivity contribution in [1.29, 1.82) is 0 Å². The van der Waals surface area contributed by atoms with Crippen LogP contribution in [-0.2, 0) is 4.74 Å². The third-order valence-electron chi connectivity index (χ3n) is 2.31. The molecule has 0 spiro atoms. The molecule has 112 valence electrons. The highest BCUT2D eigenvalue weighted by Crippen LogP contribution is 2.19. The Bertz CT molecular complexity index is 462. The Morgan fingerprint density at radius 3 is 2.70 bits per heavy atom. The van der Waals surface area contributed by atoms with E-state index in [1.807, 2.05) is 0 Å². The van der Waals surface area contributed by atoms with Gasteiger partial charge in [-0.05, 0) is 54.4 Å². The Kier molecular flexibility index (Phi) is 5.91. The third kappa shape index (κ3) is 5.85. The van der Waals surface area contributed by atoms with Gasteiger partial charge in [0.05, 0.1) is 0 Å². The highest BCUT2D eigenvalue weighted by atomic mass is 79.9. The van der Waals surface area contributed by atoms with Crippen molar-refractivity contribution < 1.29 is 19.7 Å². The number of hydrogen-bond acceptors (Lipinski definition) is 5. The number of carbonyl (C=O) groups is 1. The number of amides is 1. The van der Waals surface area contributed by atoms with Gasteiger partial charge in [0.25, 0.3) is 0 Å². The lowest BCUT2D eigenvalue weighted by Crippen LogP contribution is -2.38. The first kappa shape index (κ1) is 16.9. The highest BCUT2D eigenvalue weighted by molar-refractivity contribution is 9.10. The molecule has 7 heteroatoms. The lowest BCUT2D eigenvalue weighted by molar-refractivity contribution is 0.0128. The van der Waals surface area contributed by atoms with E-state index in [0.717, 1.165) is 0 Å². The summed E-state index contributed by atoms with van der Waals surface area (Å²) in [5.74, 6) is 0. The second-order valence-electron chi connectivity index (χ2n) is 5.31. The second kappa shape index (κ2) is 7.01. The predicted molar refractivity (Wildman–Crippen MR) is 77.1 cm³/mol. The summed E-state index contributed by atoms with van der Waals surface area (Å²) in [5, 5.41) is 22.2. The molecule has 3 N–H and O–H groups in total. The van der Waals surface area contributed by atoms with E-state index < -0.39 is 23.9 Å². The SMILES string of the molecule is CC(C)(C)OC(=O)NCC(O)C(O)c1ccnc(Br)c1. The number of rotatable bonds is 4. The van der Waals surface area contributed by atoms with E-state index in [4.69, 9.17) is 4.74 Å². The number of aromatic nitrogens is 1. The van der Waals surface area contributed by atoms with Crippen molar-refractivity contribution >= 4 is 22.0 Å². The fourth-order valence-corrected chi connectivity index (χ4v) is 1.82. The van der Waals surface area contributed by atoms with Gasteiger partial charge in [-0.2, -0.15) is 0 Å². The quantitative estimate of drug-likeness (QED) is 0.722.